The topological polar surface area (TPSA) is 162 Å². The Balaban J connectivity index is 1.53. The minimum atomic E-state index is -1.57. The van der Waals surface area contributed by atoms with Gasteiger partial charge < -0.3 is 49.6 Å². The molecule has 25 heavy (non-hydrogen) atoms. The van der Waals surface area contributed by atoms with E-state index in [9.17, 15) is 30.6 Å². The molecule has 0 radical (unpaired) electrons. The number of epoxide rings is 1. The summed E-state index contributed by atoms with van der Waals surface area (Å²) >= 11 is 0. The van der Waals surface area contributed by atoms with Crippen LogP contribution in [0, 0.1) is 11.8 Å². The first-order valence-corrected chi connectivity index (χ1v) is 8.19. The van der Waals surface area contributed by atoms with Crippen molar-refractivity contribution in [3.63, 3.8) is 0 Å². The van der Waals surface area contributed by atoms with Crippen LogP contribution in [0.4, 0.5) is 0 Å². The molecule has 1 saturated carbocycles. The van der Waals surface area contributed by atoms with Gasteiger partial charge in [0.15, 0.2) is 6.29 Å². The molecule has 0 bridgehead atoms. The summed E-state index contributed by atoms with van der Waals surface area (Å²) in [6, 6.07) is 0. The van der Waals surface area contributed by atoms with Crippen LogP contribution in [0.25, 0.3) is 0 Å². The van der Waals surface area contributed by atoms with Gasteiger partial charge in [0.25, 0.3) is 0 Å². The Morgan fingerprint density at radius 3 is 2.40 bits per heavy atom. The molecule has 10 heteroatoms. The van der Waals surface area contributed by atoms with E-state index in [0.29, 0.717) is 0 Å². The van der Waals surface area contributed by atoms with Gasteiger partial charge in [0.2, 0.25) is 6.29 Å². The van der Waals surface area contributed by atoms with Crippen LogP contribution in [0.2, 0.25) is 0 Å². The maximum Gasteiger partial charge on any atom is 0.208 e. The summed E-state index contributed by atoms with van der Waals surface area (Å²) in [5.41, 5.74) is -0.992. The van der Waals surface area contributed by atoms with E-state index in [0.717, 1.165) is 0 Å². The molecule has 3 heterocycles. The third kappa shape index (κ3) is 2.45. The highest BCUT2D eigenvalue weighted by atomic mass is 16.8. The SMILES string of the molecule is OC[C@@H]1O[C@H](O[C@H]2OC=C[C@@H]3[C@@H](O)[C@H]4O[C@@]4(CO)[C@H]23)[C@@H](O)[C@H](O)[C@H]1O. The maximum atomic E-state index is 10.3. The van der Waals surface area contributed by atoms with Gasteiger partial charge in [0.1, 0.15) is 36.1 Å². The van der Waals surface area contributed by atoms with E-state index in [4.69, 9.17) is 18.9 Å². The number of fused-ring (bicyclic) bond motifs is 3. The van der Waals surface area contributed by atoms with Crippen LogP contribution in [-0.2, 0) is 18.9 Å². The molecule has 0 aromatic heterocycles. The fourth-order valence-corrected chi connectivity index (χ4v) is 4.17. The Bertz CT molecular complexity index is 540. The predicted molar refractivity (Wildman–Crippen MR) is 76.5 cm³/mol. The van der Waals surface area contributed by atoms with E-state index < -0.39 is 67.3 Å². The van der Waals surface area contributed by atoms with E-state index >= 15 is 0 Å². The lowest BCUT2D eigenvalue weighted by molar-refractivity contribution is -0.344. The van der Waals surface area contributed by atoms with Crippen LogP contribution in [0.5, 0.6) is 0 Å². The normalized spacial score (nSPS) is 56.9. The van der Waals surface area contributed by atoms with Crippen molar-refractivity contribution in [2.45, 2.75) is 54.8 Å². The minimum absolute atomic E-state index is 0.332. The van der Waals surface area contributed by atoms with E-state index in [1.54, 1.807) is 6.08 Å². The summed E-state index contributed by atoms with van der Waals surface area (Å²) < 4.78 is 21.9. The summed E-state index contributed by atoms with van der Waals surface area (Å²) in [5.74, 6) is -0.913. The molecule has 0 aromatic carbocycles. The van der Waals surface area contributed by atoms with Crippen molar-refractivity contribution < 1.29 is 49.6 Å². The molecule has 0 amide bonds. The molecular weight excluding hydrogens is 340 g/mol. The minimum Gasteiger partial charge on any atom is -0.472 e. The zero-order valence-electron chi connectivity index (χ0n) is 13.2. The third-order valence-corrected chi connectivity index (χ3v) is 5.62. The Hall–Kier alpha value is -0.820. The largest absolute Gasteiger partial charge is 0.472 e. The van der Waals surface area contributed by atoms with E-state index in [1.165, 1.54) is 6.26 Å². The van der Waals surface area contributed by atoms with Gasteiger partial charge in [0, 0.05) is 5.92 Å². The molecule has 6 N–H and O–H groups in total. The van der Waals surface area contributed by atoms with E-state index in [-0.39, 0.29) is 12.5 Å². The second-order valence-corrected chi connectivity index (χ2v) is 6.91. The second-order valence-electron chi connectivity index (χ2n) is 6.91. The van der Waals surface area contributed by atoms with Gasteiger partial charge in [-0.3, -0.25) is 0 Å². The molecule has 0 aromatic rings. The number of hydrogen-bond acceptors (Lipinski definition) is 10. The van der Waals surface area contributed by atoms with E-state index in [2.05, 4.69) is 0 Å². The molecule has 0 spiro atoms. The smallest absolute Gasteiger partial charge is 0.208 e. The first kappa shape index (κ1) is 17.6. The van der Waals surface area contributed by atoms with Crippen molar-refractivity contribution in [2.24, 2.45) is 11.8 Å². The van der Waals surface area contributed by atoms with Crippen LogP contribution in [0.1, 0.15) is 0 Å². The molecule has 142 valence electrons. The quantitative estimate of drug-likeness (QED) is 0.276. The molecule has 0 unspecified atom stereocenters. The Kier molecular flexibility index (Phi) is 4.30. The zero-order valence-corrected chi connectivity index (χ0v) is 13.2. The van der Waals surface area contributed by atoms with Gasteiger partial charge in [-0.25, -0.2) is 0 Å². The summed E-state index contributed by atoms with van der Waals surface area (Å²) in [6.45, 7) is -0.908. The summed E-state index contributed by atoms with van der Waals surface area (Å²) in [6.07, 6.45) is -6.47. The molecule has 4 aliphatic rings. The van der Waals surface area contributed by atoms with Crippen LogP contribution >= 0.6 is 0 Å². The fourth-order valence-electron chi connectivity index (χ4n) is 4.17. The molecule has 3 fully saturated rings. The molecule has 2 saturated heterocycles. The number of hydrogen-bond donors (Lipinski definition) is 6. The molecular formula is C15H22O10. The number of aliphatic hydroxyl groups is 6. The van der Waals surface area contributed by atoms with Gasteiger partial charge in [-0.05, 0) is 6.08 Å². The summed E-state index contributed by atoms with van der Waals surface area (Å²) in [5, 5.41) is 59.0. The van der Waals surface area contributed by atoms with Crippen molar-refractivity contribution in [1.82, 2.24) is 0 Å². The zero-order chi connectivity index (χ0) is 17.9. The molecule has 11 atom stereocenters. The highest BCUT2D eigenvalue weighted by Crippen LogP contribution is 2.59. The van der Waals surface area contributed by atoms with E-state index in [1.807, 2.05) is 0 Å². The Labute approximate surface area is 142 Å². The Morgan fingerprint density at radius 1 is 0.960 bits per heavy atom. The second kappa shape index (κ2) is 6.12. The lowest BCUT2D eigenvalue weighted by atomic mass is 9.85. The third-order valence-electron chi connectivity index (χ3n) is 5.62. The monoisotopic (exact) mass is 362 g/mol. The lowest BCUT2D eigenvalue weighted by Gasteiger charge is -2.43. The Morgan fingerprint density at radius 2 is 1.72 bits per heavy atom. The molecule has 4 rings (SSSR count). The van der Waals surface area contributed by atoms with Crippen molar-refractivity contribution in [1.29, 1.82) is 0 Å². The van der Waals surface area contributed by atoms with Gasteiger partial charge in [-0.2, -0.15) is 0 Å². The predicted octanol–water partition coefficient (Wildman–Crippen LogP) is -3.59. The van der Waals surface area contributed by atoms with Crippen LogP contribution in [-0.4, -0.2) is 98.7 Å². The van der Waals surface area contributed by atoms with Crippen molar-refractivity contribution in [3.8, 4) is 0 Å². The van der Waals surface area contributed by atoms with Gasteiger partial charge >= 0.3 is 0 Å². The van der Waals surface area contributed by atoms with Crippen molar-refractivity contribution in [3.05, 3.63) is 12.3 Å². The molecule has 10 nitrogen and oxygen atoms in total. The molecule has 1 aliphatic carbocycles. The fraction of sp³-hybridized carbons (Fsp3) is 0.867. The van der Waals surface area contributed by atoms with Crippen LogP contribution in [0.3, 0.4) is 0 Å². The first-order valence-electron chi connectivity index (χ1n) is 8.19. The van der Waals surface area contributed by atoms with Gasteiger partial charge in [0.05, 0.1) is 31.5 Å². The first-order chi connectivity index (χ1) is 11.9. The standard InChI is InChI=1S/C15H22O10/c16-3-6-9(19)10(20)11(21)14(23-6)24-13-7-5(1-2-22-13)8(18)12-15(7,4-17)25-12/h1-2,5-14,16-21H,3-4H2/t5-,6-,7-,8+,9-,10+,11-,12+,13+,14+,15-/m0/s1. The van der Waals surface area contributed by atoms with Gasteiger partial charge in [-0.1, -0.05) is 0 Å². The highest BCUT2D eigenvalue weighted by Gasteiger charge is 2.75. The summed E-state index contributed by atoms with van der Waals surface area (Å²) in [7, 11) is 0. The average Bonchev–Trinajstić information content (AvgIpc) is 3.31. The molecule has 3 aliphatic heterocycles. The lowest BCUT2D eigenvalue weighted by Crippen LogP contribution is -2.60. The van der Waals surface area contributed by atoms with Crippen LogP contribution < -0.4 is 0 Å². The maximum absolute atomic E-state index is 10.3. The van der Waals surface area contributed by atoms with Crippen molar-refractivity contribution in [2.75, 3.05) is 13.2 Å². The summed E-state index contributed by atoms with van der Waals surface area (Å²) in [4.78, 5) is 0. The number of aliphatic hydroxyl groups excluding tert-OH is 6. The number of ether oxygens (including phenoxy) is 4. The highest BCUT2D eigenvalue weighted by molar-refractivity contribution is 5.24. The number of rotatable bonds is 4. The van der Waals surface area contributed by atoms with Gasteiger partial charge in [-0.15, -0.1) is 0 Å². The van der Waals surface area contributed by atoms with Crippen molar-refractivity contribution >= 4 is 0 Å². The average molecular weight is 362 g/mol. The van der Waals surface area contributed by atoms with Crippen LogP contribution in [0.15, 0.2) is 12.3 Å².